The predicted octanol–water partition coefficient (Wildman–Crippen LogP) is 3.52. The second-order valence-electron chi connectivity index (χ2n) is 8.50. The maximum Gasteiger partial charge on any atom is 0.186 e. The number of tetrazole rings is 1. The third-order valence-corrected chi connectivity index (χ3v) is 7.49. The Bertz CT molecular complexity index is 942. The molecule has 2 aliphatic rings. The molecule has 2 atom stereocenters. The smallest absolute Gasteiger partial charge is 0.186 e. The molecule has 2 aromatic heterocycles. The molecule has 0 aliphatic carbocycles. The van der Waals surface area contributed by atoms with E-state index < -0.39 is 0 Å². The average Bonchev–Trinajstić information content (AvgIpc) is 3.56. The number of benzene rings is 1. The Balaban J connectivity index is 1.28. The van der Waals surface area contributed by atoms with Crippen LogP contribution in [0.5, 0.6) is 0 Å². The average molecular weight is 442 g/mol. The first-order chi connectivity index (χ1) is 15.3. The van der Waals surface area contributed by atoms with Crippen LogP contribution in [0.4, 0.5) is 5.13 Å². The van der Waals surface area contributed by atoms with Crippen LogP contribution in [0, 0.1) is 0 Å². The van der Waals surface area contributed by atoms with E-state index in [0.29, 0.717) is 0 Å². The number of anilines is 1. The highest BCUT2D eigenvalue weighted by Crippen LogP contribution is 2.31. The molecule has 5 rings (SSSR count). The monoisotopic (exact) mass is 441 g/mol. The number of para-hydroxylation sites is 1. The highest BCUT2D eigenvalue weighted by Gasteiger charge is 2.30. The Labute approximate surface area is 187 Å². The van der Waals surface area contributed by atoms with E-state index in [1.807, 2.05) is 4.68 Å². The molecule has 1 aromatic carbocycles. The molecular formula is C22H31N7OS. The van der Waals surface area contributed by atoms with Crippen molar-refractivity contribution in [3.05, 3.63) is 30.1 Å². The number of nitrogens with zero attached hydrogens (tertiary/aromatic N) is 7. The maximum atomic E-state index is 5.83. The van der Waals surface area contributed by atoms with Crippen molar-refractivity contribution in [1.82, 2.24) is 30.1 Å². The SMILES string of the molecule is CCCC[C@H](c1nnnn1C[C@@H]1CCCO1)N1CCN(c2nc3ccccc3s2)CC1. The van der Waals surface area contributed by atoms with Crippen LogP contribution in [-0.2, 0) is 11.3 Å². The van der Waals surface area contributed by atoms with Crippen molar-refractivity contribution in [2.45, 2.75) is 57.7 Å². The molecule has 0 spiro atoms. The van der Waals surface area contributed by atoms with Gasteiger partial charge >= 0.3 is 0 Å². The number of hydrogen-bond acceptors (Lipinski definition) is 8. The standard InChI is InChI=1S/C22H31N7OS/c1-2-3-9-19(21-24-25-26-29(21)16-17-7-6-15-30-17)27-11-13-28(14-12-27)22-23-18-8-4-5-10-20(18)31-22/h4-5,8,10,17,19H,2-3,6-7,9,11-16H2,1H3/t17-,19+/m0/s1. The van der Waals surface area contributed by atoms with Gasteiger partial charge in [-0.15, -0.1) is 5.10 Å². The van der Waals surface area contributed by atoms with E-state index in [9.17, 15) is 0 Å². The van der Waals surface area contributed by atoms with Gasteiger partial charge in [0.25, 0.3) is 0 Å². The number of piperazine rings is 1. The van der Waals surface area contributed by atoms with Crippen molar-refractivity contribution in [1.29, 1.82) is 0 Å². The van der Waals surface area contributed by atoms with Gasteiger partial charge in [-0.25, -0.2) is 9.67 Å². The third-order valence-electron chi connectivity index (χ3n) is 6.40. The summed E-state index contributed by atoms with van der Waals surface area (Å²) in [6, 6.07) is 8.65. The predicted molar refractivity (Wildman–Crippen MR) is 122 cm³/mol. The highest BCUT2D eigenvalue weighted by molar-refractivity contribution is 7.22. The van der Waals surface area contributed by atoms with Crippen molar-refractivity contribution in [3.63, 3.8) is 0 Å². The van der Waals surface area contributed by atoms with Crippen molar-refractivity contribution in [2.24, 2.45) is 0 Å². The second-order valence-corrected chi connectivity index (χ2v) is 9.51. The Kier molecular flexibility index (Phi) is 6.42. The van der Waals surface area contributed by atoms with E-state index in [0.717, 1.165) is 75.1 Å². The maximum absolute atomic E-state index is 5.83. The first-order valence-electron chi connectivity index (χ1n) is 11.5. The van der Waals surface area contributed by atoms with E-state index >= 15 is 0 Å². The number of ether oxygens (including phenoxy) is 1. The lowest BCUT2D eigenvalue weighted by molar-refractivity contribution is 0.0890. The van der Waals surface area contributed by atoms with Gasteiger partial charge in [0.05, 0.1) is 28.9 Å². The van der Waals surface area contributed by atoms with Gasteiger partial charge in [-0.1, -0.05) is 43.2 Å². The Morgan fingerprint density at radius 1 is 1.19 bits per heavy atom. The molecular weight excluding hydrogens is 410 g/mol. The molecule has 0 unspecified atom stereocenters. The zero-order chi connectivity index (χ0) is 21.0. The van der Waals surface area contributed by atoms with Gasteiger partial charge in [0.1, 0.15) is 0 Å². The van der Waals surface area contributed by atoms with Gasteiger partial charge in [-0.05, 0) is 41.8 Å². The molecule has 2 saturated heterocycles. The lowest BCUT2D eigenvalue weighted by atomic mass is 10.1. The molecule has 8 nitrogen and oxygen atoms in total. The number of rotatable bonds is 8. The first-order valence-corrected chi connectivity index (χ1v) is 12.4. The molecule has 166 valence electrons. The van der Waals surface area contributed by atoms with Crippen LogP contribution in [0.1, 0.15) is 50.9 Å². The van der Waals surface area contributed by atoms with Gasteiger partial charge in [0.2, 0.25) is 0 Å². The minimum absolute atomic E-state index is 0.241. The molecule has 31 heavy (non-hydrogen) atoms. The zero-order valence-corrected chi connectivity index (χ0v) is 19.0. The summed E-state index contributed by atoms with van der Waals surface area (Å²) in [7, 11) is 0. The van der Waals surface area contributed by atoms with Crippen LogP contribution >= 0.6 is 11.3 Å². The molecule has 2 fully saturated rings. The Morgan fingerprint density at radius 3 is 2.84 bits per heavy atom. The van der Waals surface area contributed by atoms with E-state index in [4.69, 9.17) is 9.72 Å². The fraction of sp³-hybridized carbons (Fsp3) is 0.636. The van der Waals surface area contributed by atoms with Gasteiger partial charge in [0.15, 0.2) is 11.0 Å². The van der Waals surface area contributed by atoms with Crippen LogP contribution < -0.4 is 4.90 Å². The van der Waals surface area contributed by atoms with Gasteiger partial charge in [-0.2, -0.15) is 0 Å². The van der Waals surface area contributed by atoms with Crippen LogP contribution in [0.2, 0.25) is 0 Å². The summed E-state index contributed by atoms with van der Waals surface area (Å²) < 4.78 is 9.09. The minimum Gasteiger partial charge on any atom is -0.376 e. The second kappa shape index (κ2) is 9.58. The number of fused-ring (bicyclic) bond motifs is 1. The lowest BCUT2D eigenvalue weighted by Gasteiger charge is -2.38. The van der Waals surface area contributed by atoms with Crippen molar-refractivity contribution >= 4 is 26.7 Å². The quantitative estimate of drug-likeness (QED) is 0.530. The molecule has 0 amide bonds. The zero-order valence-electron chi connectivity index (χ0n) is 18.2. The summed E-state index contributed by atoms with van der Waals surface area (Å²) >= 11 is 1.79. The summed E-state index contributed by atoms with van der Waals surface area (Å²) in [4.78, 5) is 9.84. The van der Waals surface area contributed by atoms with Crippen LogP contribution in [0.15, 0.2) is 24.3 Å². The van der Waals surface area contributed by atoms with Crippen LogP contribution in [0.3, 0.4) is 0 Å². The van der Waals surface area contributed by atoms with Crippen LogP contribution in [-0.4, -0.2) is 69.0 Å². The van der Waals surface area contributed by atoms with E-state index in [-0.39, 0.29) is 12.1 Å². The van der Waals surface area contributed by atoms with Crippen molar-refractivity contribution < 1.29 is 4.74 Å². The van der Waals surface area contributed by atoms with Crippen LogP contribution in [0.25, 0.3) is 10.2 Å². The molecule has 0 radical (unpaired) electrons. The fourth-order valence-electron chi connectivity index (χ4n) is 4.65. The number of unbranched alkanes of at least 4 members (excludes halogenated alkanes) is 1. The fourth-order valence-corrected chi connectivity index (χ4v) is 5.67. The number of aromatic nitrogens is 5. The Morgan fingerprint density at radius 2 is 2.06 bits per heavy atom. The largest absolute Gasteiger partial charge is 0.376 e. The van der Waals surface area contributed by atoms with Gasteiger partial charge in [-0.3, -0.25) is 4.90 Å². The minimum atomic E-state index is 0.241. The molecule has 3 aromatic rings. The van der Waals surface area contributed by atoms with E-state index in [1.54, 1.807) is 11.3 Å². The van der Waals surface area contributed by atoms with Crippen molar-refractivity contribution in [3.8, 4) is 0 Å². The lowest BCUT2D eigenvalue weighted by Crippen LogP contribution is -2.48. The van der Waals surface area contributed by atoms with Gasteiger partial charge < -0.3 is 9.64 Å². The Hall–Kier alpha value is -2.10. The summed E-state index contributed by atoms with van der Waals surface area (Å²) in [5, 5.41) is 14.0. The van der Waals surface area contributed by atoms with Gasteiger partial charge in [0, 0.05) is 32.8 Å². The molecule has 2 aliphatic heterocycles. The van der Waals surface area contributed by atoms with E-state index in [2.05, 4.69) is 56.5 Å². The molecule has 0 saturated carbocycles. The topological polar surface area (TPSA) is 72.2 Å². The summed E-state index contributed by atoms with van der Waals surface area (Å²) in [5.74, 6) is 0.998. The molecule has 0 bridgehead atoms. The first kappa shape index (κ1) is 20.8. The molecule has 4 heterocycles. The third kappa shape index (κ3) is 4.58. The highest BCUT2D eigenvalue weighted by atomic mass is 32.1. The molecule has 9 heteroatoms. The van der Waals surface area contributed by atoms with Crippen molar-refractivity contribution in [2.75, 3.05) is 37.7 Å². The molecule has 0 N–H and O–H groups in total. The number of thiazole rings is 1. The number of hydrogen-bond donors (Lipinski definition) is 0. The normalized spacial score (nSPS) is 21.2. The summed E-state index contributed by atoms with van der Waals surface area (Å²) in [5.41, 5.74) is 1.10. The van der Waals surface area contributed by atoms with E-state index in [1.165, 1.54) is 17.5 Å². The summed E-state index contributed by atoms with van der Waals surface area (Å²) in [6.07, 6.45) is 5.91. The summed E-state index contributed by atoms with van der Waals surface area (Å²) in [6.45, 7) is 7.82.